The van der Waals surface area contributed by atoms with Crippen LogP contribution in [0.1, 0.15) is 37.6 Å². The van der Waals surface area contributed by atoms with E-state index >= 15 is 0 Å². The molecule has 0 saturated carbocycles. The third kappa shape index (κ3) is 3.39. The van der Waals surface area contributed by atoms with Crippen molar-refractivity contribution in [1.29, 1.82) is 0 Å². The third-order valence-electron chi connectivity index (χ3n) is 3.06. The summed E-state index contributed by atoms with van der Waals surface area (Å²) in [6.45, 7) is 6.35. The summed E-state index contributed by atoms with van der Waals surface area (Å²) in [5, 5.41) is 3.38. The zero-order chi connectivity index (χ0) is 13.9. The summed E-state index contributed by atoms with van der Waals surface area (Å²) in [5.74, 6) is -0.0389. The van der Waals surface area contributed by atoms with E-state index < -0.39 is 0 Å². The maximum Gasteiger partial charge on any atom is 0.253 e. The third-order valence-corrected chi connectivity index (χ3v) is 3.06. The maximum absolute atomic E-state index is 11.8. The number of nitrogens with two attached hydrogens (primary N) is 1. The van der Waals surface area contributed by atoms with Gasteiger partial charge in [0.05, 0.1) is 11.4 Å². The van der Waals surface area contributed by atoms with Crippen molar-refractivity contribution in [2.75, 3.05) is 25.1 Å². The van der Waals surface area contributed by atoms with Crippen LogP contribution in [0.4, 0.5) is 11.4 Å². The molecule has 1 amide bonds. The molecule has 0 aliphatic rings. The molecule has 0 fully saturated rings. The van der Waals surface area contributed by atoms with E-state index in [0.29, 0.717) is 11.3 Å². The monoisotopic (exact) mass is 249 g/mol. The summed E-state index contributed by atoms with van der Waals surface area (Å²) >= 11 is 0. The highest BCUT2D eigenvalue weighted by Crippen LogP contribution is 2.25. The highest BCUT2D eigenvalue weighted by molar-refractivity contribution is 5.95. The largest absolute Gasteiger partial charge is 0.397 e. The van der Waals surface area contributed by atoms with Gasteiger partial charge in [-0.05, 0) is 38.5 Å². The molecule has 1 aromatic rings. The van der Waals surface area contributed by atoms with Gasteiger partial charge >= 0.3 is 0 Å². The molecule has 3 N–H and O–H groups in total. The Hall–Kier alpha value is -1.71. The zero-order valence-electron chi connectivity index (χ0n) is 11.9. The van der Waals surface area contributed by atoms with Crippen LogP contribution in [0.5, 0.6) is 0 Å². The number of benzene rings is 1. The van der Waals surface area contributed by atoms with Crippen LogP contribution in [0, 0.1) is 0 Å². The van der Waals surface area contributed by atoms with Crippen LogP contribution >= 0.6 is 0 Å². The van der Waals surface area contributed by atoms with Crippen LogP contribution in [-0.4, -0.2) is 30.4 Å². The Morgan fingerprint density at radius 1 is 1.39 bits per heavy atom. The summed E-state index contributed by atoms with van der Waals surface area (Å²) in [5.41, 5.74) is 8.06. The summed E-state index contributed by atoms with van der Waals surface area (Å²) in [7, 11) is 3.45. The SMILES string of the molecule is CCC(C)(C)Nc1ccc(C(=O)N(C)C)cc1N. The van der Waals surface area contributed by atoms with Gasteiger partial charge in [-0.1, -0.05) is 6.92 Å². The predicted molar refractivity (Wildman–Crippen MR) is 76.9 cm³/mol. The Morgan fingerprint density at radius 3 is 2.44 bits per heavy atom. The van der Waals surface area contributed by atoms with Gasteiger partial charge in [-0.2, -0.15) is 0 Å². The van der Waals surface area contributed by atoms with E-state index in [2.05, 4.69) is 26.1 Å². The summed E-state index contributed by atoms with van der Waals surface area (Å²) < 4.78 is 0. The Balaban J connectivity index is 2.97. The lowest BCUT2D eigenvalue weighted by Gasteiger charge is -2.27. The Kier molecular flexibility index (Phi) is 4.22. The second kappa shape index (κ2) is 5.29. The summed E-state index contributed by atoms with van der Waals surface area (Å²) in [4.78, 5) is 13.3. The van der Waals surface area contributed by atoms with Crippen LogP contribution in [0.3, 0.4) is 0 Å². The standard InChI is InChI=1S/C14H23N3O/c1-6-14(2,3)16-12-8-7-10(9-11(12)15)13(18)17(4)5/h7-9,16H,6,15H2,1-5H3. The van der Waals surface area contributed by atoms with Gasteiger partial charge in [0.2, 0.25) is 0 Å². The zero-order valence-corrected chi connectivity index (χ0v) is 11.9. The van der Waals surface area contributed by atoms with Gasteiger partial charge < -0.3 is 16.0 Å². The van der Waals surface area contributed by atoms with E-state index in [-0.39, 0.29) is 11.4 Å². The van der Waals surface area contributed by atoms with Crippen LogP contribution < -0.4 is 11.1 Å². The number of nitrogens with zero attached hydrogens (tertiary/aromatic N) is 1. The Bertz CT molecular complexity index is 439. The van der Waals surface area contributed by atoms with Crippen LogP contribution in [-0.2, 0) is 0 Å². The average Bonchev–Trinajstić information content (AvgIpc) is 2.30. The molecule has 0 heterocycles. The fourth-order valence-corrected chi connectivity index (χ4v) is 1.52. The fourth-order valence-electron chi connectivity index (χ4n) is 1.52. The second-order valence-electron chi connectivity index (χ2n) is 5.36. The molecule has 1 aromatic carbocycles. The fraction of sp³-hybridized carbons (Fsp3) is 0.500. The van der Waals surface area contributed by atoms with E-state index in [9.17, 15) is 4.79 Å². The van der Waals surface area contributed by atoms with Gasteiger partial charge in [-0.3, -0.25) is 4.79 Å². The van der Waals surface area contributed by atoms with Gasteiger partial charge in [-0.25, -0.2) is 0 Å². The summed E-state index contributed by atoms with van der Waals surface area (Å²) in [6, 6.07) is 5.38. The van der Waals surface area contributed by atoms with E-state index in [0.717, 1.165) is 12.1 Å². The molecule has 1 rings (SSSR count). The van der Waals surface area contributed by atoms with Crippen molar-refractivity contribution in [3.05, 3.63) is 23.8 Å². The van der Waals surface area contributed by atoms with Crippen molar-refractivity contribution < 1.29 is 4.79 Å². The molecule has 100 valence electrons. The highest BCUT2D eigenvalue weighted by Gasteiger charge is 2.16. The molecule has 0 aliphatic carbocycles. The molecule has 0 aliphatic heterocycles. The number of nitrogen functional groups attached to an aromatic ring is 1. The first kappa shape index (κ1) is 14.4. The first-order chi connectivity index (χ1) is 8.26. The van der Waals surface area contributed by atoms with Crippen molar-refractivity contribution in [3.8, 4) is 0 Å². The van der Waals surface area contributed by atoms with Crippen molar-refractivity contribution in [2.24, 2.45) is 0 Å². The lowest BCUT2D eigenvalue weighted by molar-refractivity contribution is 0.0827. The molecule has 0 spiro atoms. The molecule has 0 atom stereocenters. The number of rotatable bonds is 4. The lowest BCUT2D eigenvalue weighted by Crippen LogP contribution is -2.30. The van der Waals surface area contributed by atoms with Crippen molar-refractivity contribution in [2.45, 2.75) is 32.7 Å². The number of amides is 1. The van der Waals surface area contributed by atoms with Crippen LogP contribution in [0.15, 0.2) is 18.2 Å². The predicted octanol–water partition coefficient (Wildman–Crippen LogP) is 2.57. The van der Waals surface area contributed by atoms with Gasteiger partial charge in [-0.15, -0.1) is 0 Å². The number of hydrogen-bond donors (Lipinski definition) is 2. The van der Waals surface area contributed by atoms with E-state index in [1.165, 1.54) is 4.90 Å². The van der Waals surface area contributed by atoms with Crippen LogP contribution in [0.2, 0.25) is 0 Å². The topological polar surface area (TPSA) is 58.4 Å². The van der Waals surface area contributed by atoms with E-state index in [1.807, 2.05) is 6.07 Å². The smallest absolute Gasteiger partial charge is 0.253 e. The first-order valence-electron chi connectivity index (χ1n) is 6.16. The summed E-state index contributed by atoms with van der Waals surface area (Å²) in [6.07, 6.45) is 0.991. The van der Waals surface area contributed by atoms with Crippen molar-refractivity contribution in [3.63, 3.8) is 0 Å². The minimum Gasteiger partial charge on any atom is -0.397 e. The molecular formula is C14H23N3O. The Labute approximate surface area is 109 Å². The van der Waals surface area contributed by atoms with Crippen LogP contribution in [0.25, 0.3) is 0 Å². The number of nitrogens with one attached hydrogen (secondary N) is 1. The minimum atomic E-state index is -0.0389. The highest BCUT2D eigenvalue weighted by atomic mass is 16.2. The maximum atomic E-state index is 11.8. The van der Waals surface area contributed by atoms with Gasteiger partial charge in [0.1, 0.15) is 0 Å². The molecule has 0 bridgehead atoms. The molecule has 0 aromatic heterocycles. The van der Waals surface area contributed by atoms with Crippen molar-refractivity contribution >= 4 is 17.3 Å². The average molecular weight is 249 g/mol. The molecular weight excluding hydrogens is 226 g/mol. The first-order valence-corrected chi connectivity index (χ1v) is 6.16. The minimum absolute atomic E-state index is 0.0127. The quantitative estimate of drug-likeness (QED) is 0.806. The van der Waals surface area contributed by atoms with Crippen molar-refractivity contribution in [1.82, 2.24) is 4.90 Å². The Morgan fingerprint density at radius 2 is 2.00 bits per heavy atom. The number of anilines is 2. The van der Waals surface area contributed by atoms with Gasteiger partial charge in [0.15, 0.2) is 0 Å². The molecule has 4 heteroatoms. The number of carbonyl (C=O) groups is 1. The molecule has 0 radical (unpaired) electrons. The van der Waals surface area contributed by atoms with Gasteiger partial charge in [0.25, 0.3) is 5.91 Å². The molecule has 0 saturated heterocycles. The lowest BCUT2D eigenvalue weighted by atomic mass is 10.0. The number of carbonyl (C=O) groups excluding carboxylic acids is 1. The normalized spacial score (nSPS) is 11.2. The molecule has 4 nitrogen and oxygen atoms in total. The molecule has 0 unspecified atom stereocenters. The van der Waals surface area contributed by atoms with E-state index in [1.54, 1.807) is 26.2 Å². The van der Waals surface area contributed by atoms with Gasteiger partial charge in [0, 0.05) is 25.2 Å². The molecule has 18 heavy (non-hydrogen) atoms. The van der Waals surface area contributed by atoms with E-state index in [4.69, 9.17) is 5.73 Å². The second-order valence-corrected chi connectivity index (χ2v) is 5.36. The number of hydrogen-bond acceptors (Lipinski definition) is 3.